The van der Waals surface area contributed by atoms with Gasteiger partial charge >= 0.3 is 0 Å². The third-order valence-electron chi connectivity index (χ3n) is 6.08. The van der Waals surface area contributed by atoms with E-state index in [1.54, 1.807) is 17.5 Å². The Morgan fingerprint density at radius 1 is 1.23 bits per heavy atom. The third-order valence-corrected chi connectivity index (χ3v) is 7.12. The van der Waals surface area contributed by atoms with Gasteiger partial charge in [0.1, 0.15) is 5.82 Å². The van der Waals surface area contributed by atoms with Crippen molar-refractivity contribution < 1.29 is 9.18 Å². The van der Waals surface area contributed by atoms with Crippen LogP contribution in [-0.2, 0) is 0 Å². The Kier molecular flexibility index (Phi) is 5.31. The van der Waals surface area contributed by atoms with Crippen molar-refractivity contribution in [2.45, 2.75) is 38.8 Å². The molecule has 2 aliphatic heterocycles. The normalized spacial score (nSPS) is 18.4. The number of anilines is 1. The van der Waals surface area contributed by atoms with Crippen LogP contribution in [0.1, 0.15) is 46.7 Å². The van der Waals surface area contributed by atoms with E-state index >= 15 is 0 Å². The van der Waals surface area contributed by atoms with Crippen molar-refractivity contribution in [2.75, 3.05) is 31.5 Å². The van der Waals surface area contributed by atoms with Crippen LogP contribution < -0.4 is 5.32 Å². The number of halogens is 1. The van der Waals surface area contributed by atoms with Gasteiger partial charge in [0, 0.05) is 30.2 Å². The number of likely N-dealkylation sites (tertiary alicyclic amines) is 2. The number of carbonyl (C=O) groups is 1. The number of nitrogens with one attached hydrogen (secondary N) is 1. The number of aryl methyl sites for hydroxylation is 1. The fourth-order valence-corrected chi connectivity index (χ4v) is 5.24. The van der Waals surface area contributed by atoms with E-state index in [9.17, 15) is 9.18 Å². The van der Waals surface area contributed by atoms with Crippen LogP contribution in [0.2, 0.25) is 0 Å². The quantitative estimate of drug-likeness (QED) is 0.653. The summed E-state index contributed by atoms with van der Waals surface area (Å²) in [6.45, 7) is 7.67. The average Bonchev–Trinajstić information content (AvgIpc) is 3.35. The minimum Gasteiger partial charge on any atom is -0.348 e. The lowest BCUT2D eigenvalue weighted by Gasteiger charge is -2.43. The highest BCUT2D eigenvalue weighted by atomic mass is 32.1. The Morgan fingerprint density at radius 3 is 2.74 bits per heavy atom. The molecule has 7 nitrogen and oxygen atoms in total. The molecule has 1 atom stereocenters. The molecule has 0 spiro atoms. The zero-order valence-corrected chi connectivity index (χ0v) is 18.5. The van der Waals surface area contributed by atoms with Crippen molar-refractivity contribution >= 4 is 33.4 Å². The molecule has 0 radical (unpaired) electrons. The lowest BCUT2D eigenvalue weighted by Crippen LogP contribution is -2.60. The minimum atomic E-state index is -0.391. The maximum atomic E-state index is 13.6. The molecule has 9 heteroatoms. The third kappa shape index (κ3) is 3.99. The lowest BCUT2D eigenvalue weighted by atomic mass is 10.1. The molecule has 31 heavy (non-hydrogen) atoms. The minimum absolute atomic E-state index is 0.0483. The molecule has 0 aromatic carbocycles. The van der Waals surface area contributed by atoms with E-state index in [2.05, 4.69) is 25.2 Å². The molecular weight excluding hydrogens is 415 g/mol. The molecule has 3 aromatic rings. The average molecular weight is 441 g/mol. The van der Waals surface area contributed by atoms with Crippen molar-refractivity contribution in [3.8, 4) is 0 Å². The van der Waals surface area contributed by atoms with Gasteiger partial charge in [0.2, 0.25) is 5.95 Å². The molecular formula is C22H25FN6OS. The van der Waals surface area contributed by atoms with Crippen LogP contribution in [0.3, 0.4) is 0 Å². The summed E-state index contributed by atoms with van der Waals surface area (Å²) in [4.78, 5) is 31.8. The molecule has 2 saturated heterocycles. The maximum absolute atomic E-state index is 13.6. The first-order valence-electron chi connectivity index (χ1n) is 10.7. The van der Waals surface area contributed by atoms with Gasteiger partial charge in [-0.1, -0.05) is 0 Å². The monoisotopic (exact) mass is 440 g/mol. The zero-order chi connectivity index (χ0) is 21.5. The summed E-state index contributed by atoms with van der Waals surface area (Å²) in [6, 6.07) is 3.61. The molecule has 2 fully saturated rings. The van der Waals surface area contributed by atoms with Gasteiger partial charge in [-0.05, 0) is 57.5 Å². The largest absolute Gasteiger partial charge is 0.348 e. The molecule has 5 heterocycles. The Labute approximate surface area is 184 Å². The fraction of sp³-hybridized carbons (Fsp3) is 0.455. The van der Waals surface area contributed by atoms with Crippen molar-refractivity contribution in [1.29, 1.82) is 0 Å². The highest BCUT2D eigenvalue weighted by Gasteiger charge is 2.37. The molecule has 2 aliphatic rings. The van der Waals surface area contributed by atoms with Gasteiger partial charge in [0.15, 0.2) is 5.69 Å². The summed E-state index contributed by atoms with van der Waals surface area (Å²) in [6.07, 6.45) is 5.28. The molecule has 1 N–H and O–H groups in total. The van der Waals surface area contributed by atoms with Crippen LogP contribution in [0.25, 0.3) is 10.2 Å². The molecule has 1 unspecified atom stereocenters. The second-order valence-corrected chi connectivity index (χ2v) is 9.63. The Bertz CT molecular complexity index is 1120. The van der Waals surface area contributed by atoms with Crippen molar-refractivity contribution in [3.63, 3.8) is 0 Å². The first-order chi connectivity index (χ1) is 15.0. The van der Waals surface area contributed by atoms with Crippen LogP contribution in [0, 0.1) is 12.7 Å². The summed E-state index contributed by atoms with van der Waals surface area (Å²) >= 11 is 1.54. The summed E-state index contributed by atoms with van der Waals surface area (Å²) in [5.74, 6) is -0.0768. The first-order valence-corrected chi connectivity index (χ1v) is 11.5. The number of rotatable bonds is 5. The highest BCUT2D eigenvalue weighted by molar-refractivity contribution is 7.19. The van der Waals surface area contributed by atoms with E-state index in [0.717, 1.165) is 41.3 Å². The topological polar surface area (TPSA) is 74.2 Å². The number of carbonyl (C=O) groups excluding carboxylic acids is 1. The van der Waals surface area contributed by atoms with Crippen molar-refractivity contribution in [3.05, 3.63) is 46.5 Å². The summed E-state index contributed by atoms with van der Waals surface area (Å²) in [5.41, 5.74) is 1.88. The van der Waals surface area contributed by atoms with Gasteiger partial charge < -0.3 is 10.2 Å². The van der Waals surface area contributed by atoms with E-state index in [0.29, 0.717) is 23.2 Å². The molecule has 0 saturated carbocycles. The van der Waals surface area contributed by atoms with Crippen LogP contribution in [0.4, 0.5) is 10.3 Å². The molecule has 162 valence electrons. The first kappa shape index (κ1) is 20.3. The standard InChI is InChI=1S/C22H25FN6OS/c1-13-7-18-20(31-13)19(21(30)29-11-17(12-29)28-5-3-4-6-28)27-22(26-18)25-14(2)15-8-16(23)10-24-9-15/h7-10,14,17H,3-6,11-12H2,1-2H3,(H,25,26,27). The number of hydrogen-bond acceptors (Lipinski definition) is 7. The van der Waals surface area contributed by atoms with Gasteiger partial charge in [0.05, 0.1) is 22.5 Å². The Hall–Kier alpha value is -2.65. The van der Waals surface area contributed by atoms with Gasteiger partial charge in [-0.15, -0.1) is 11.3 Å². The smallest absolute Gasteiger partial charge is 0.274 e. The van der Waals surface area contributed by atoms with E-state index in [1.807, 2.05) is 24.8 Å². The van der Waals surface area contributed by atoms with E-state index in [4.69, 9.17) is 0 Å². The Morgan fingerprint density at radius 2 is 2.00 bits per heavy atom. The molecule has 0 bridgehead atoms. The predicted octanol–water partition coefficient (Wildman–Crippen LogP) is 3.63. The number of aromatic nitrogens is 3. The lowest BCUT2D eigenvalue weighted by molar-refractivity contribution is 0.0331. The van der Waals surface area contributed by atoms with Gasteiger partial charge in [-0.2, -0.15) is 0 Å². The van der Waals surface area contributed by atoms with E-state index in [-0.39, 0.29) is 11.9 Å². The molecule has 0 aliphatic carbocycles. The summed E-state index contributed by atoms with van der Waals surface area (Å²) in [7, 11) is 0. The number of pyridine rings is 1. The van der Waals surface area contributed by atoms with Gasteiger partial charge in [0.25, 0.3) is 5.91 Å². The molecule has 5 rings (SSSR count). The second kappa shape index (κ2) is 8.12. The van der Waals surface area contributed by atoms with Crippen LogP contribution in [0.15, 0.2) is 24.5 Å². The van der Waals surface area contributed by atoms with Gasteiger partial charge in [-0.3, -0.25) is 14.7 Å². The van der Waals surface area contributed by atoms with Gasteiger partial charge in [-0.25, -0.2) is 14.4 Å². The molecule has 3 aromatic heterocycles. The molecule has 1 amide bonds. The van der Waals surface area contributed by atoms with Crippen LogP contribution >= 0.6 is 11.3 Å². The zero-order valence-electron chi connectivity index (χ0n) is 17.6. The Balaban J connectivity index is 1.39. The number of hydrogen-bond donors (Lipinski definition) is 1. The second-order valence-electron chi connectivity index (χ2n) is 8.38. The highest BCUT2D eigenvalue weighted by Crippen LogP contribution is 2.30. The van der Waals surface area contributed by atoms with Crippen LogP contribution in [0.5, 0.6) is 0 Å². The number of fused-ring (bicyclic) bond motifs is 1. The van der Waals surface area contributed by atoms with E-state index < -0.39 is 5.82 Å². The number of nitrogens with zero attached hydrogens (tertiary/aromatic N) is 5. The van der Waals surface area contributed by atoms with Crippen molar-refractivity contribution in [1.82, 2.24) is 24.8 Å². The predicted molar refractivity (Wildman–Crippen MR) is 119 cm³/mol. The van der Waals surface area contributed by atoms with E-state index in [1.165, 1.54) is 25.1 Å². The SMILES string of the molecule is Cc1cc2nc(NC(C)c3cncc(F)c3)nc(C(=O)N3CC(N4CCCC4)C3)c2s1. The number of thiophene rings is 1. The summed E-state index contributed by atoms with van der Waals surface area (Å²) < 4.78 is 14.4. The van der Waals surface area contributed by atoms with Crippen LogP contribution in [-0.4, -0.2) is 62.9 Å². The van der Waals surface area contributed by atoms with Crippen molar-refractivity contribution in [2.24, 2.45) is 0 Å². The summed E-state index contributed by atoms with van der Waals surface area (Å²) in [5, 5.41) is 3.21. The fourth-order valence-electron chi connectivity index (χ4n) is 4.31. The maximum Gasteiger partial charge on any atom is 0.274 e. The number of amides is 1.